The number of anilines is 1. The number of nitrogens with zero attached hydrogens (tertiary/aromatic N) is 4. The average Bonchev–Trinajstić information content (AvgIpc) is 3.21. The van der Waals surface area contributed by atoms with E-state index >= 15 is 0 Å². The van der Waals surface area contributed by atoms with Crippen molar-refractivity contribution in [2.45, 2.75) is 6.92 Å². The number of hydrogen-bond donors (Lipinski definition) is 0. The van der Waals surface area contributed by atoms with Gasteiger partial charge in [-0.1, -0.05) is 47.7 Å². The molecule has 4 aromatic rings. The van der Waals surface area contributed by atoms with Crippen molar-refractivity contribution >= 4 is 50.6 Å². The Balaban J connectivity index is 1.64. The Morgan fingerprint density at radius 2 is 1.81 bits per heavy atom. The second-order valence-electron chi connectivity index (χ2n) is 6.95. The largest absolute Gasteiger partial charge is 0.273 e. The maximum absolute atomic E-state index is 13.0. The molecule has 0 atom stereocenters. The highest BCUT2D eigenvalue weighted by molar-refractivity contribution is 7.22. The minimum Gasteiger partial charge on any atom is -0.267 e. The van der Waals surface area contributed by atoms with Crippen LogP contribution in [0.3, 0.4) is 0 Å². The van der Waals surface area contributed by atoms with E-state index in [9.17, 15) is 14.9 Å². The molecule has 7 nitrogen and oxygen atoms in total. The highest BCUT2D eigenvalue weighted by Gasteiger charge is 2.17. The third-order valence-corrected chi connectivity index (χ3v) is 5.56. The highest BCUT2D eigenvalue weighted by Crippen LogP contribution is 2.30. The van der Waals surface area contributed by atoms with E-state index in [1.54, 1.807) is 24.4 Å². The Labute approximate surface area is 188 Å². The van der Waals surface area contributed by atoms with Crippen LogP contribution in [0, 0.1) is 17.0 Å². The molecule has 4 rings (SSSR count). The number of carbonyl (C=O) groups excluding carboxylic acids is 1. The molecule has 8 heteroatoms. The van der Waals surface area contributed by atoms with Crippen LogP contribution in [-0.4, -0.2) is 22.0 Å². The van der Waals surface area contributed by atoms with Crippen LogP contribution in [0.5, 0.6) is 0 Å². The van der Waals surface area contributed by atoms with Gasteiger partial charge in [0.25, 0.3) is 11.6 Å². The van der Waals surface area contributed by atoms with E-state index in [-0.39, 0.29) is 11.6 Å². The van der Waals surface area contributed by atoms with Crippen molar-refractivity contribution in [3.8, 4) is 0 Å². The Morgan fingerprint density at radius 3 is 2.53 bits per heavy atom. The number of nitro benzene ring substituents is 1. The molecule has 158 valence electrons. The molecular weight excluding hydrogens is 424 g/mol. The normalized spacial score (nSPS) is 11.4. The summed E-state index contributed by atoms with van der Waals surface area (Å²) in [4.78, 5) is 28.0. The van der Waals surface area contributed by atoms with Crippen molar-refractivity contribution in [1.29, 1.82) is 0 Å². The lowest BCUT2D eigenvalue weighted by Gasteiger charge is -2.11. The summed E-state index contributed by atoms with van der Waals surface area (Å²) < 4.78 is 0.965. The van der Waals surface area contributed by atoms with E-state index in [0.29, 0.717) is 10.7 Å². The number of hydrazone groups is 1. The zero-order valence-electron chi connectivity index (χ0n) is 17.1. The van der Waals surface area contributed by atoms with E-state index < -0.39 is 4.92 Å². The molecule has 0 aliphatic rings. The van der Waals surface area contributed by atoms with Gasteiger partial charge < -0.3 is 0 Å². The number of hydrogen-bond acceptors (Lipinski definition) is 6. The lowest BCUT2D eigenvalue weighted by Crippen LogP contribution is -2.23. The molecule has 0 saturated heterocycles. The molecule has 0 aliphatic heterocycles. The summed E-state index contributed by atoms with van der Waals surface area (Å²) in [5.74, 6) is -0.383. The molecule has 0 unspecified atom stereocenters. The smallest absolute Gasteiger partial charge is 0.267 e. The second-order valence-corrected chi connectivity index (χ2v) is 7.96. The highest BCUT2D eigenvalue weighted by atomic mass is 32.1. The summed E-state index contributed by atoms with van der Waals surface area (Å²) in [5, 5.41) is 16.9. The Hall–Kier alpha value is -4.17. The number of aryl methyl sites for hydroxylation is 1. The molecule has 0 radical (unpaired) electrons. The number of fused-ring (bicyclic) bond motifs is 1. The van der Waals surface area contributed by atoms with E-state index in [2.05, 4.69) is 10.1 Å². The number of rotatable bonds is 6. The van der Waals surface area contributed by atoms with E-state index in [1.807, 2.05) is 55.5 Å². The molecule has 0 fully saturated rings. The van der Waals surface area contributed by atoms with Crippen molar-refractivity contribution in [3.05, 3.63) is 106 Å². The maximum Gasteiger partial charge on any atom is 0.273 e. The standard InChI is InChI=1S/C24H18N4O3S/c1-17-7-13-21-22(15-17)32-24(26-21)27(25-16-19-5-3-2-4-6-19)23(29)14-10-18-8-11-20(12-9-18)28(30)31/h2-16H,1H3/b14-10+,25-16+. The van der Waals surface area contributed by atoms with Crippen molar-refractivity contribution in [1.82, 2.24) is 4.98 Å². The molecule has 0 aliphatic carbocycles. The number of amides is 1. The molecule has 1 aromatic heterocycles. The Morgan fingerprint density at radius 1 is 1.06 bits per heavy atom. The Kier molecular flexibility index (Phi) is 6.14. The van der Waals surface area contributed by atoms with Gasteiger partial charge in [0.05, 0.1) is 21.4 Å². The van der Waals surface area contributed by atoms with Gasteiger partial charge in [-0.15, -0.1) is 0 Å². The van der Waals surface area contributed by atoms with E-state index in [1.165, 1.54) is 34.6 Å². The minimum absolute atomic E-state index is 0.00710. The third-order valence-electron chi connectivity index (χ3n) is 4.57. The summed E-state index contributed by atoms with van der Waals surface area (Å²) in [6.45, 7) is 2.00. The van der Waals surface area contributed by atoms with Gasteiger partial charge in [-0.3, -0.25) is 14.9 Å². The molecule has 3 aromatic carbocycles. The fourth-order valence-corrected chi connectivity index (χ4v) is 3.95. The van der Waals surface area contributed by atoms with Gasteiger partial charge in [-0.25, -0.2) is 4.98 Å². The quantitative estimate of drug-likeness (QED) is 0.168. The lowest BCUT2D eigenvalue weighted by molar-refractivity contribution is -0.384. The molecule has 0 N–H and O–H groups in total. The predicted octanol–water partition coefficient (Wildman–Crippen LogP) is 5.59. The SMILES string of the molecule is Cc1ccc2nc(N(/N=C/c3ccccc3)C(=O)/C=C/c3ccc([N+](=O)[O-])cc3)sc2c1. The monoisotopic (exact) mass is 442 g/mol. The minimum atomic E-state index is -0.465. The molecular formula is C24H18N4O3S. The zero-order chi connectivity index (χ0) is 22.5. The summed E-state index contributed by atoms with van der Waals surface area (Å²) in [5.41, 5.74) is 3.41. The van der Waals surface area contributed by atoms with Crippen LogP contribution in [0.1, 0.15) is 16.7 Å². The van der Waals surface area contributed by atoms with Crippen molar-refractivity contribution in [2.75, 3.05) is 5.01 Å². The lowest BCUT2D eigenvalue weighted by atomic mass is 10.2. The summed E-state index contributed by atoms with van der Waals surface area (Å²) in [6.07, 6.45) is 4.57. The summed E-state index contributed by atoms with van der Waals surface area (Å²) in [7, 11) is 0. The first-order valence-corrected chi connectivity index (χ1v) is 10.5. The van der Waals surface area contributed by atoms with E-state index in [0.717, 1.165) is 21.3 Å². The maximum atomic E-state index is 13.0. The van der Waals surface area contributed by atoms with Gasteiger partial charge in [0.1, 0.15) is 0 Å². The Bertz CT molecular complexity index is 1330. The first kappa shape index (κ1) is 21.1. The number of benzene rings is 3. The fraction of sp³-hybridized carbons (Fsp3) is 0.0417. The first-order valence-electron chi connectivity index (χ1n) is 9.72. The molecule has 1 amide bonds. The zero-order valence-corrected chi connectivity index (χ0v) is 17.9. The van der Waals surface area contributed by atoms with E-state index in [4.69, 9.17) is 0 Å². The van der Waals surface area contributed by atoms with Crippen LogP contribution >= 0.6 is 11.3 Å². The van der Waals surface area contributed by atoms with Crippen LogP contribution in [0.4, 0.5) is 10.8 Å². The van der Waals surface area contributed by atoms with Crippen LogP contribution in [0.2, 0.25) is 0 Å². The molecule has 0 bridgehead atoms. The molecule has 1 heterocycles. The molecule has 0 saturated carbocycles. The number of nitro groups is 1. The number of thiazole rings is 1. The van der Waals surface area contributed by atoms with Crippen LogP contribution in [0.15, 0.2) is 84.0 Å². The van der Waals surface area contributed by atoms with Crippen LogP contribution in [-0.2, 0) is 4.79 Å². The van der Waals surface area contributed by atoms with Gasteiger partial charge in [0.15, 0.2) is 0 Å². The third kappa shape index (κ3) is 4.93. The van der Waals surface area contributed by atoms with Crippen molar-refractivity contribution in [2.24, 2.45) is 5.10 Å². The van der Waals surface area contributed by atoms with Gasteiger partial charge >= 0.3 is 0 Å². The number of carbonyl (C=O) groups is 1. The van der Waals surface area contributed by atoms with Crippen LogP contribution < -0.4 is 5.01 Å². The fourth-order valence-electron chi connectivity index (χ4n) is 2.92. The van der Waals surface area contributed by atoms with Gasteiger partial charge in [-0.05, 0) is 54.0 Å². The topological polar surface area (TPSA) is 88.7 Å². The number of aromatic nitrogens is 1. The van der Waals surface area contributed by atoms with Gasteiger partial charge in [-0.2, -0.15) is 10.1 Å². The second kappa shape index (κ2) is 9.32. The molecule has 32 heavy (non-hydrogen) atoms. The van der Waals surface area contributed by atoms with Gasteiger partial charge in [0, 0.05) is 18.2 Å². The van der Waals surface area contributed by atoms with Crippen molar-refractivity contribution in [3.63, 3.8) is 0 Å². The first-order chi connectivity index (χ1) is 15.5. The van der Waals surface area contributed by atoms with Gasteiger partial charge in [0.2, 0.25) is 5.13 Å². The average molecular weight is 443 g/mol. The summed E-state index contributed by atoms with van der Waals surface area (Å²) in [6, 6.07) is 21.3. The molecule has 0 spiro atoms. The number of non-ortho nitro benzene ring substituents is 1. The predicted molar refractivity (Wildman–Crippen MR) is 128 cm³/mol. The van der Waals surface area contributed by atoms with Crippen molar-refractivity contribution < 1.29 is 9.72 Å². The summed E-state index contributed by atoms with van der Waals surface area (Å²) >= 11 is 1.38. The van der Waals surface area contributed by atoms with Crippen LogP contribution in [0.25, 0.3) is 16.3 Å².